The number of hydrogen-bond donors (Lipinski definition) is 1. The molecule has 122 valence electrons. The summed E-state index contributed by atoms with van der Waals surface area (Å²) in [5.41, 5.74) is 1.19. The Bertz CT molecular complexity index is 333. The number of unbranched alkanes of at least 4 members (excludes halogenated alkanes) is 9. The van der Waals surface area contributed by atoms with Gasteiger partial charge < -0.3 is 5.32 Å². The van der Waals surface area contributed by atoms with Crippen molar-refractivity contribution < 1.29 is 0 Å². The van der Waals surface area contributed by atoms with Crippen LogP contribution in [-0.4, -0.2) is 22.9 Å². The molecule has 0 bridgehead atoms. The Morgan fingerprint density at radius 1 is 0.905 bits per heavy atom. The van der Waals surface area contributed by atoms with E-state index in [0.29, 0.717) is 0 Å². The van der Waals surface area contributed by atoms with Crippen molar-refractivity contribution in [3.8, 4) is 0 Å². The second-order valence-electron chi connectivity index (χ2n) is 6.16. The molecule has 1 aromatic heterocycles. The quantitative estimate of drug-likeness (QED) is 0.513. The number of aryl methyl sites for hydroxylation is 1. The van der Waals surface area contributed by atoms with Gasteiger partial charge in [-0.2, -0.15) is 5.10 Å². The molecule has 0 saturated carbocycles. The van der Waals surface area contributed by atoms with E-state index in [2.05, 4.69) is 23.4 Å². The maximum atomic E-state index is 4.38. The molecule has 0 aromatic carbocycles. The number of hydrogen-bond acceptors (Lipinski definition) is 2. The molecule has 0 aliphatic rings. The summed E-state index contributed by atoms with van der Waals surface area (Å²) in [5, 5.41) is 7.90. The van der Waals surface area contributed by atoms with Crippen LogP contribution in [0.4, 0.5) is 0 Å². The fourth-order valence-corrected chi connectivity index (χ4v) is 2.68. The molecule has 3 heteroatoms. The van der Waals surface area contributed by atoms with Gasteiger partial charge in [0, 0.05) is 26.2 Å². The summed E-state index contributed by atoms with van der Waals surface area (Å²) in [7, 11) is 1.97. The highest BCUT2D eigenvalue weighted by atomic mass is 15.2. The summed E-state index contributed by atoms with van der Waals surface area (Å²) in [5.74, 6) is 0. The summed E-state index contributed by atoms with van der Waals surface area (Å²) in [6.07, 6.45) is 17.1. The van der Waals surface area contributed by atoms with E-state index in [1.807, 2.05) is 17.9 Å². The van der Waals surface area contributed by atoms with Gasteiger partial charge in [-0.05, 0) is 19.0 Å². The normalized spacial score (nSPS) is 11.1. The number of aromatic nitrogens is 2. The molecular formula is C18H35N3. The second-order valence-corrected chi connectivity index (χ2v) is 6.16. The average Bonchev–Trinajstić information content (AvgIpc) is 2.89. The van der Waals surface area contributed by atoms with Crippen LogP contribution in [-0.2, 0) is 13.5 Å². The van der Waals surface area contributed by atoms with Crippen LogP contribution in [0, 0.1) is 0 Å². The summed E-state index contributed by atoms with van der Waals surface area (Å²) >= 11 is 0. The molecule has 0 atom stereocenters. The van der Waals surface area contributed by atoms with Crippen molar-refractivity contribution >= 4 is 0 Å². The molecule has 0 fully saturated rings. The lowest BCUT2D eigenvalue weighted by atomic mass is 10.1. The van der Waals surface area contributed by atoms with Crippen LogP contribution in [0.2, 0.25) is 0 Å². The van der Waals surface area contributed by atoms with E-state index < -0.39 is 0 Å². The molecule has 0 radical (unpaired) electrons. The van der Waals surface area contributed by atoms with Crippen molar-refractivity contribution in [2.45, 2.75) is 77.6 Å². The third-order valence-corrected chi connectivity index (χ3v) is 4.03. The van der Waals surface area contributed by atoms with Crippen molar-refractivity contribution in [3.63, 3.8) is 0 Å². The first kappa shape index (κ1) is 18.2. The molecule has 1 rings (SSSR count). The fourth-order valence-electron chi connectivity index (χ4n) is 2.68. The largest absolute Gasteiger partial charge is 0.316 e. The molecule has 0 aliphatic carbocycles. The molecule has 3 nitrogen and oxygen atoms in total. The minimum Gasteiger partial charge on any atom is -0.316 e. The summed E-state index contributed by atoms with van der Waals surface area (Å²) < 4.78 is 1.87. The summed E-state index contributed by atoms with van der Waals surface area (Å²) in [6.45, 7) is 4.49. The van der Waals surface area contributed by atoms with Crippen LogP contribution in [0.1, 0.15) is 76.8 Å². The van der Waals surface area contributed by atoms with Gasteiger partial charge in [0.2, 0.25) is 0 Å². The zero-order valence-electron chi connectivity index (χ0n) is 14.2. The maximum absolute atomic E-state index is 4.38. The van der Waals surface area contributed by atoms with Gasteiger partial charge in [-0.25, -0.2) is 0 Å². The third kappa shape index (κ3) is 10.5. The molecule has 0 spiro atoms. The van der Waals surface area contributed by atoms with Gasteiger partial charge in [0.1, 0.15) is 0 Å². The van der Waals surface area contributed by atoms with Crippen LogP contribution < -0.4 is 5.32 Å². The molecule has 21 heavy (non-hydrogen) atoms. The molecule has 0 unspecified atom stereocenters. The predicted octanol–water partition coefficient (Wildman–Crippen LogP) is 4.47. The highest BCUT2D eigenvalue weighted by Crippen LogP contribution is 2.10. The molecule has 0 aliphatic heterocycles. The van der Waals surface area contributed by atoms with Gasteiger partial charge >= 0.3 is 0 Å². The molecule has 0 saturated heterocycles. The van der Waals surface area contributed by atoms with Crippen molar-refractivity contribution in [1.82, 2.24) is 15.1 Å². The van der Waals surface area contributed by atoms with E-state index in [4.69, 9.17) is 0 Å². The Hall–Kier alpha value is -0.830. The van der Waals surface area contributed by atoms with E-state index in [0.717, 1.165) is 19.5 Å². The lowest BCUT2D eigenvalue weighted by molar-refractivity contribution is 0.543. The van der Waals surface area contributed by atoms with Gasteiger partial charge in [-0.3, -0.25) is 4.68 Å². The van der Waals surface area contributed by atoms with Gasteiger partial charge in [-0.1, -0.05) is 64.7 Å². The van der Waals surface area contributed by atoms with E-state index in [1.165, 1.54) is 69.9 Å². The van der Waals surface area contributed by atoms with Gasteiger partial charge in [0.05, 0.1) is 5.69 Å². The first-order valence-electron chi connectivity index (χ1n) is 9.02. The standard InChI is InChI=1S/C18H35N3/c1-3-4-5-6-7-8-9-10-11-12-15-19-16-13-18-14-17-21(2)20-18/h14,17,19H,3-13,15-16H2,1-2H3. The van der Waals surface area contributed by atoms with Crippen molar-refractivity contribution in [2.24, 2.45) is 7.05 Å². The maximum Gasteiger partial charge on any atom is 0.0637 e. The first-order chi connectivity index (χ1) is 10.3. The lowest BCUT2D eigenvalue weighted by Gasteiger charge is -2.04. The highest BCUT2D eigenvalue weighted by Gasteiger charge is 1.96. The van der Waals surface area contributed by atoms with E-state index in [9.17, 15) is 0 Å². The topological polar surface area (TPSA) is 29.9 Å². The SMILES string of the molecule is CCCCCCCCCCCCNCCc1ccn(C)n1. The molecule has 1 N–H and O–H groups in total. The second kappa shape index (κ2) is 12.9. The van der Waals surface area contributed by atoms with Crippen molar-refractivity contribution in [1.29, 1.82) is 0 Å². The Balaban J connectivity index is 1.74. The predicted molar refractivity (Wildman–Crippen MR) is 91.6 cm³/mol. The summed E-state index contributed by atoms with van der Waals surface area (Å²) in [4.78, 5) is 0. The Morgan fingerprint density at radius 2 is 1.52 bits per heavy atom. The highest BCUT2D eigenvalue weighted by molar-refractivity contribution is 4.98. The Kier molecular flexibility index (Phi) is 11.2. The first-order valence-corrected chi connectivity index (χ1v) is 9.02. The van der Waals surface area contributed by atoms with E-state index >= 15 is 0 Å². The minimum absolute atomic E-state index is 1.04. The zero-order chi connectivity index (χ0) is 15.2. The molecule has 1 aromatic rings. The third-order valence-electron chi connectivity index (χ3n) is 4.03. The Labute approximate surface area is 131 Å². The van der Waals surface area contributed by atoms with Gasteiger partial charge in [0.25, 0.3) is 0 Å². The zero-order valence-corrected chi connectivity index (χ0v) is 14.2. The average molecular weight is 293 g/mol. The molecule has 0 amide bonds. The van der Waals surface area contributed by atoms with Gasteiger partial charge in [0.15, 0.2) is 0 Å². The fraction of sp³-hybridized carbons (Fsp3) is 0.833. The van der Waals surface area contributed by atoms with Crippen molar-refractivity contribution in [2.75, 3.05) is 13.1 Å². The smallest absolute Gasteiger partial charge is 0.0637 e. The van der Waals surface area contributed by atoms with E-state index in [-0.39, 0.29) is 0 Å². The Morgan fingerprint density at radius 3 is 2.10 bits per heavy atom. The van der Waals surface area contributed by atoms with Crippen molar-refractivity contribution in [3.05, 3.63) is 18.0 Å². The van der Waals surface area contributed by atoms with Crippen LogP contribution >= 0.6 is 0 Å². The minimum atomic E-state index is 1.04. The molecule has 1 heterocycles. The number of nitrogens with one attached hydrogen (secondary N) is 1. The summed E-state index contributed by atoms with van der Waals surface area (Å²) in [6, 6.07) is 2.10. The molecular weight excluding hydrogens is 258 g/mol. The van der Waals surface area contributed by atoms with E-state index in [1.54, 1.807) is 0 Å². The van der Waals surface area contributed by atoms with Gasteiger partial charge in [-0.15, -0.1) is 0 Å². The van der Waals surface area contributed by atoms with Crippen LogP contribution in [0.5, 0.6) is 0 Å². The number of rotatable bonds is 14. The van der Waals surface area contributed by atoms with Crippen LogP contribution in [0.25, 0.3) is 0 Å². The van der Waals surface area contributed by atoms with Crippen LogP contribution in [0.3, 0.4) is 0 Å². The monoisotopic (exact) mass is 293 g/mol. The van der Waals surface area contributed by atoms with Crippen LogP contribution in [0.15, 0.2) is 12.3 Å². The number of nitrogens with zero attached hydrogens (tertiary/aromatic N) is 2. The lowest BCUT2D eigenvalue weighted by Crippen LogP contribution is -2.18.